The summed E-state index contributed by atoms with van der Waals surface area (Å²) in [5.74, 6) is -3.28. The van der Waals surface area contributed by atoms with Crippen molar-refractivity contribution in [1.82, 2.24) is 0 Å². The summed E-state index contributed by atoms with van der Waals surface area (Å²) in [4.78, 5) is 10.9. The average molecular weight is 309 g/mol. The first-order valence-corrected chi connectivity index (χ1v) is 6.05. The van der Waals surface area contributed by atoms with Gasteiger partial charge in [0, 0.05) is 23.6 Å². The molecule has 0 amide bonds. The summed E-state index contributed by atoms with van der Waals surface area (Å²) < 4.78 is 39.3. The highest BCUT2D eigenvalue weighted by Crippen LogP contribution is 2.21. The first-order chi connectivity index (χ1) is 7.82. The summed E-state index contributed by atoms with van der Waals surface area (Å²) in [5.41, 5.74) is -0.276. The van der Waals surface area contributed by atoms with Crippen molar-refractivity contribution in [3.8, 4) is 0 Å². The third-order valence-corrected chi connectivity index (χ3v) is 3.14. The highest BCUT2D eigenvalue weighted by Gasteiger charge is 2.22. The summed E-state index contributed by atoms with van der Waals surface area (Å²) in [6.07, 6.45) is -0.130. The molecule has 0 aliphatic rings. The summed E-state index contributed by atoms with van der Waals surface area (Å²) in [6, 6.07) is 1.22. The number of ketones is 1. The van der Waals surface area contributed by atoms with Crippen LogP contribution >= 0.6 is 15.9 Å². The number of halogens is 4. The Balaban J connectivity index is 2.92. The number of carbonyl (C=O) groups excluding carboxylic acids is 1. The van der Waals surface area contributed by atoms with Crippen LogP contribution in [-0.2, 0) is 11.2 Å². The minimum absolute atomic E-state index is 0.130. The van der Waals surface area contributed by atoms with Gasteiger partial charge in [-0.15, -0.1) is 0 Å². The molecule has 1 rings (SSSR count). The molecule has 0 aliphatic heterocycles. The molecule has 17 heavy (non-hydrogen) atoms. The van der Waals surface area contributed by atoms with Gasteiger partial charge in [0.1, 0.15) is 23.2 Å². The largest absolute Gasteiger partial charge is 0.298 e. The molecular formula is C12H12BrF3O. The van der Waals surface area contributed by atoms with E-state index in [9.17, 15) is 18.0 Å². The van der Waals surface area contributed by atoms with Gasteiger partial charge in [0.25, 0.3) is 0 Å². The lowest BCUT2D eigenvalue weighted by Crippen LogP contribution is -2.22. The van der Waals surface area contributed by atoms with Gasteiger partial charge in [-0.05, 0) is 6.42 Å². The fourth-order valence-electron chi connectivity index (χ4n) is 1.41. The fraction of sp³-hybridized carbons (Fsp3) is 0.417. The van der Waals surface area contributed by atoms with Gasteiger partial charge in [0.2, 0.25) is 0 Å². The van der Waals surface area contributed by atoms with Gasteiger partial charge in [-0.2, -0.15) is 0 Å². The molecule has 1 unspecified atom stereocenters. The average Bonchev–Trinajstić information content (AvgIpc) is 2.21. The van der Waals surface area contributed by atoms with Crippen molar-refractivity contribution in [2.75, 3.05) is 0 Å². The van der Waals surface area contributed by atoms with E-state index >= 15 is 0 Å². The third-order valence-electron chi connectivity index (χ3n) is 2.37. The number of alkyl halides is 1. The maximum Gasteiger partial charge on any atom is 0.149 e. The Hall–Kier alpha value is -0.840. The van der Waals surface area contributed by atoms with E-state index in [-0.39, 0.29) is 23.7 Å². The van der Waals surface area contributed by atoms with Crippen LogP contribution in [-0.4, -0.2) is 10.6 Å². The number of hydrogen-bond donors (Lipinski definition) is 0. The Morgan fingerprint density at radius 1 is 1.24 bits per heavy atom. The quantitative estimate of drug-likeness (QED) is 0.776. The van der Waals surface area contributed by atoms with E-state index < -0.39 is 22.3 Å². The topological polar surface area (TPSA) is 17.1 Å². The van der Waals surface area contributed by atoms with E-state index in [4.69, 9.17) is 0 Å². The highest BCUT2D eigenvalue weighted by atomic mass is 79.9. The fourth-order valence-corrected chi connectivity index (χ4v) is 2.26. The van der Waals surface area contributed by atoms with Crippen molar-refractivity contribution >= 4 is 21.7 Å². The van der Waals surface area contributed by atoms with Crippen molar-refractivity contribution in [2.45, 2.75) is 25.1 Å². The zero-order valence-corrected chi connectivity index (χ0v) is 11.0. The minimum Gasteiger partial charge on any atom is -0.298 e. The standard InChI is InChI=1S/C12H12BrF3O/c1-6(2)12(17)9(13)5-8-10(15)3-7(14)4-11(8)16/h3-4,6,9H,5H2,1-2H3. The molecule has 5 heteroatoms. The molecule has 0 radical (unpaired) electrons. The first kappa shape index (κ1) is 14.2. The summed E-state index contributed by atoms with van der Waals surface area (Å²) in [5, 5.41) is 0. The second kappa shape index (κ2) is 5.67. The van der Waals surface area contributed by atoms with Crippen LogP contribution < -0.4 is 0 Å². The second-order valence-electron chi connectivity index (χ2n) is 4.08. The minimum atomic E-state index is -0.969. The van der Waals surface area contributed by atoms with Crippen LogP contribution in [0.5, 0.6) is 0 Å². The molecule has 0 aliphatic carbocycles. The van der Waals surface area contributed by atoms with E-state index in [1.807, 2.05) is 0 Å². The second-order valence-corrected chi connectivity index (χ2v) is 5.18. The van der Waals surface area contributed by atoms with Crippen molar-refractivity contribution in [2.24, 2.45) is 5.92 Å². The van der Waals surface area contributed by atoms with E-state index in [2.05, 4.69) is 15.9 Å². The maximum absolute atomic E-state index is 13.3. The van der Waals surface area contributed by atoms with Crippen LogP contribution in [0, 0.1) is 23.4 Å². The number of benzene rings is 1. The normalized spacial score (nSPS) is 12.9. The van der Waals surface area contributed by atoms with E-state index in [1.165, 1.54) is 0 Å². The Morgan fingerprint density at radius 3 is 2.12 bits per heavy atom. The molecule has 0 spiro atoms. The lowest BCUT2D eigenvalue weighted by Gasteiger charge is -2.12. The Labute approximate surface area is 106 Å². The van der Waals surface area contributed by atoms with Gasteiger partial charge in [-0.1, -0.05) is 29.8 Å². The third kappa shape index (κ3) is 3.56. The molecular weight excluding hydrogens is 297 g/mol. The van der Waals surface area contributed by atoms with Gasteiger partial charge >= 0.3 is 0 Å². The molecule has 0 fully saturated rings. The van der Waals surface area contributed by atoms with Crippen LogP contribution in [0.4, 0.5) is 13.2 Å². The van der Waals surface area contributed by atoms with Crippen LogP contribution in [0.1, 0.15) is 19.4 Å². The van der Waals surface area contributed by atoms with Crippen molar-refractivity contribution in [1.29, 1.82) is 0 Å². The predicted molar refractivity (Wildman–Crippen MR) is 62.6 cm³/mol. The molecule has 0 saturated carbocycles. The molecule has 0 heterocycles. The molecule has 0 N–H and O–H groups in total. The number of Topliss-reactive ketones (excluding diaryl/α,β-unsaturated/α-hetero) is 1. The monoisotopic (exact) mass is 308 g/mol. The number of rotatable bonds is 4. The van der Waals surface area contributed by atoms with Crippen molar-refractivity contribution < 1.29 is 18.0 Å². The van der Waals surface area contributed by atoms with Gasteiger partial charge < -0.3 is 0 Å². The zero-order valence-electron chi connectivity index (χ0n) is 9.44. The van der Waals surface area contributed by atoms with Gasteiger partial charge in [0.05, 0.1) is 4.83 Å². The molecule has 0 bridgehead atoms. The first-order valence-electron chi connectivity index (χ1n) is 5.14. The molecule has 0 aromatic heterocycles. The summed E-state index contributed by atoms with van der Waals surface area (Å²) in [6.45, 7) is 3.40. The molecule has 0 saturated heterocycles. The Morgan fingerprint density at radius 2 is 1.71 bits per heavy atom. The molecule has 1 aromatic carbocycles. The summed E-state index contributed by atoms with van der Waals surface area (Å²) in [7, 11) is 0. The zero-order chi connectivity index (χ0) is 13.2. The highest BCUT2D eigenvalue weighted by molar-refractivity contribution is 9.10. The van der Waals surface area contributed by atoms with Gasteiger partial charge in [0.15, 0.2) is 0 Å². The lowest BCUT2D eigenvalue weighted by atomic mass is 10.0. The number of carbonyl (C=O) groups is 1. The van der Waals surface area contributed by atoms with Crippen LogP contribution in [0.15, 0.2) is 12.1 Å². The van der Waals surface area contributed by atoms with Crippen LogP contribution in [0.2, 0.25) is 0 Å². The Kier molecular flexibility index (Phi) is 4.74. The molecule has 1 aromatic rings. The number of hydrogen-bond acceptors (Lipinski definition) is 1. The molecule has 1 nitrogen and oxygen atoms in total. The molecule has 1 atom stereocenters. The van der Waals surface area contributed by atoms with Crippen LogP contribution in [0.3, 0.4) is 0 Å². The van der Waals surface area contributed by atoms with E-state index in [0.717, 1.165) is 0 Å². The van der Waals surface area contributed by atoms with Crippen molar-refractivity contribution in [3.63, 3.8) is 0 Å². The van der Waals surface area contributed by atoms with Crippen molar-refractivity contribution in [3.05, 3.63) is 35.1 Å². The smallest absolute Gasteiger partial charge is 0.149 e. The van der Waals surface area contributed by atoms with E-state index in [1.54, 1.807) is 13.8 Å². The van der Waals surface area contributed by atoms with Crippen LogP contribution in [0.25, 0.3) is 0 Å². The van der Waals surface area contributed by atoms with E-state index in [0.29, 0.717) is 12.1 Å². The predicted octanol–water partition coefficient (Wildman–Crippen LogP) is 3.64. The SMILES string of the molecule is CC(C)C(=O)C(Br)Cc1c(F)cc(F)cc1F. The van der Waals surface area contributed by atoms with Gasteiger partial charge in [-0.3, -0.25) is 4.79 Å². The Bertz CT molecular complexity index is 409. The lowest BCUT2D eigenvalue weighted by molar-refractivity contribution is -0.121. The van der Waals surface area contributed by atoms with Gasteiger partial charge in [-0.25, -0.2) is 13.2 Å². The maximum atomic E-state index is 13.3. The molecule has 94 valence electrons. The summed E-state index contributed by atoms with van der Waals surface area (Å²) >= 11 is 3.09.